The number of hydrogen-bond acceptors (Lipinski definition) is 2. The summed E-state index contributed by atoms with van der Waals surface area (Å²) in [7, 11) is 0. The maximum atomic E-state index is 13.3. The van der Waals surface area contributed by atoms with Crippen molar-refractivity contribution in [3.63, 3.8) is 0 Å². The molecule has 0 aliphatic heterocycles. The molecule has 2 aromatic rings. The Morgan fingerprint density at radius 3 is 2.62 bits per heavy atom. The standard InChI is InChI=1S/C13H11FO2/c14-13-6-2-1-4-10(13)8-11(15)9-12-5-3-7-16-12/h1-7H,8-9H2. The minimum absolute atomic E-state index is 0.0555. The molecule has 0 fully saturated rings. The van der Waals surface area contributed by atoms with E-state index in [1.165, 1.54) is 12.3 Å². The summed E-state index contributed by atoms with van der Waals surface area (Å²) >= 11 is 0. The minimum atomic E-state index is -0.338. The van der Waals surface area contributed by atoms with Crippen molar-refractivity contribution in [2.45, 2.75) is 12.8 Å². The van der Waals surface area contributed by atoms with Crippen LogP contribution in [-0.2, 0) is 17.6 Å². The van der Waals surface area contributed by atoms with Crippen LogP contribution in [0.25, 0.3) is 0 Å². The molecular weight excluding hydrogens is 207 g/mol. The fraction of sp³-hybridized carbons (Fsp3) is 0.154. The molecule has 0 unspecified atom stereocenters. The fourth-order valence-corrected chi connectivity index (χ4v) is 1.52. The molecule has 0 atom stereocenters. The predicted octanol–water partition coefficient (Wildman–Crippen LogP) is 2.77. The van der Waals surface area contributed by atoms with E-state index in [1.54, 1.807) is 30.3 Å². The second-order valence-corrected chi connectivity index (χ2v) is 3.56. The van der Waals surface area contributed by atoms with Crippen molar-refractivity contribution >= 4 is 5.78 Å². The molecule has 16 heavy (non-hydrogen) atoms. The summed E-state index contributed by atoms with van der Waals surface area (Å²) in [6.45, 7) is 0. The van der Waals surface area contributed by atoms with Gasteiger partial charge in [0.1, 0.15) is 17.4 Å². The summed E-state index contributed by atoms with van der Waals surface area (Å²) in [6.07, 6.45) is 1.83. The number of furan rings is 1. The van der Waals surface area contributed by atoms with E-state index in [0.717, 1.165) is 0 Å². The van der Waals surface area contributed by atoms with Crippen molar-refractivity contribution in [3.05, 3.63) is 59.8 Å². The summed E-state index contributed by atoms with van der Waals surface area (Å²) < 4.78 is 18.3. The molecule has 2 rings (SSSR count). The lowest BCUT2D eigenvalue weighted by atomic mass is 10.1. The first-order valence-corrected chi connectivity index (χ1v) is 5.03. The normalized spacial score (nSPS) is 10.3. The lowest BCUT2D eigenvalue weighted by molar-refractivity contribution is -0.118. The molecule has 0 aliphatic rings. The number of halogens is 1. The van der Waals surface area contributed by atoms with E-state index >= 15 is 0 Å². The molecule has 1 aromatic carbocycles. The number of carbonyl (C=O) groups is 1. The summed E-state index contributed by atoms with van der Waals surface area (Å²) in [5.41, 5.74) is 0.430. The van der Waals surface area contributed by atoms with E-state index in [2.05, 4.69) is 0 Å². The van der Waals surface area contributed by atoms with Crippen molar-refractivity contribution in [2.75, 3.05) is 0 Å². The van der Waals surface area contributed by atoms with Crippen molar-refractivity contribution in [2.24, 2.45) is 0 Å². The van der Waals surface area contributed by atoms with Crippen molar-refractivity contribution in [1.82, 2.24) is 0 Å². The quantitative estimate of drug-likeness (QED) is 0.789. The molecule has 1 aromatic heterocycles. The zero-order chi connectivity index (χ0) is 11.4. The Labute approximate surface area is 92.7 Å². The first-order valence-electron chi connectivity index (χ1n) is 5.03. The number of Topliss-reactive ketones (excluding diaryl/α,β-unsaturated/α-hetero) is 1. The van der Waals surface area contributed by atoms with Crippen LogP contribution in [0.4, 0.5) is 4.39 Å². The Bertz CT molecular complexity index is 474. The zero-order valence-corrected chi connectivity index (χ0v) is 8.65. The van der Waals surface area contributed by atoms with Crippen LogP contribution >= 0.6 is 0 Å². The largest absolute Gasteiger partial charge is 0.469 e. The second-order valence-electron chi connectivity index (χ2n) is 3.56. The van der Waals surface area contributed by atoms with E-state index in [-0.39, 0.29) is 24.4 Å². The number of carbonyl (C=O) groups excluding carboxylic acids is 1. The Balaban J connectivity index is 2.00. The van der Waals surface area contributed by atoms with Gasteiger partial charge in [0.2, 0.25) is 0 Å². The third kappa shape index (κ3) is 2.57. The molecule has 0 amide bonds. The third-order valence-corrected chi connectivity index (χ3v) is 2.30. The van der Waals surface area contributed by atoms with Crippen LogP contribution in [0.3, 0.4) is 0 Å². The van der Waals surface area contributed by atoms with E-state index < -0.39 is 0 Å². The van der Waals surface area contributed by atoms with Gasteiger partial charge >= 0.3 is 0 Å². The number of rotatable bonds is 4. The number of ketones is 1. The molecule has 3 heteroatoms. The molecule has 0 saturated carbocycles. The highest BCUT2D eigenvalue weighted by Gasteiger charge is 2.09. The highest BCUT2D eigenvalue weighted by molar-refractivity contribution is 5.82. The number of hydrogen-bond donors (Lipinski definition) is 0. The van der Waals surface area contributed by atoms with Crippen LogP contribution < -0.4 is 0 Å². The molecule has 0 saturated heterocycles. The van der Waals surface area contributed by atoms with Gasteiger partial charge in [0.25, 0.3) is 0 Å². The van der Waals surface area contributed by atoms with Gasteiger partial charge in [-0.25, -0.2) is 4.39 Å². The lowest BCUT2D eigenvalue weighted by Gasteiger charge is -2.01. The van der Waals surface area contributed by atoms with Gasteiger partial charge in [-0.05, 0) is 23.8 Å². The molecule has 1 heterocycles. The third-order valence-electron chi connectivity index (χ3n) is 2.30. The van der Waals surface area contributed by atoms with Crippen LogP contribution in [-0.4, -0.2) is 5.78 Å². The van der Waals surface area contributed by atoms with E-state index in [4.69, 9.17) is 4.42 Å². The van der Waals surface area contributed by atoms with E-state index in [1.807, 2.05) is 0 Å². The number of benzene rings is 1. The smallest absolute Gasteiger partial charge is 0.144 e. The molecular formula is C13H11FO2. The van der Waals surface area contributed by atoms with Crippen molar-refractivity contribution in [1.29, 1.82) is 0 Å². The maximum Gasteiger partial charge on any atom is 0.144 e. The summed E-state index contributed by atoms with van der Waals surface area (Å²) in [5, 5.41) is 0. The Hall–Kier alpha value is -1.90. The van der Waals surface area contributed by atoms with Crippen LogP contribution in [0.2, 0.25) is 0 Å². The molecule has 0 bridgehead atoms. The van der Waals surface area contributed by atoms with Gasteiger partial charge in [0.05, 0.1) is 12.7 Å². The highest BCUT2D eigenvalue weighted by atomic mass is 19.1. The first kappa shape index (κ1) is 10.6. The molecule has 0 spiro atoms. The van der Waals surface area contributed by atoms with Crippen LogP contribution in [0.5, 0.6) is 0 Å². The topological polar surface area (TPSA) is 30.2 Å². The van der Waals surface area contributed by atoms with Gasteiger partial charge in [0, 0.05) is 6.42 Å². The first-order chi connectivity index (χ1) is 7.75. The van der Waals surface area contributed by atoms with Crippen molar-refractivity contribution in [3.8, 4) is 0 Å². The predicted molar refractivity (Wildman–Crippen MR) is 57.5 cm³/mol. The van der Waals surface area contributed by atoms with Crippen LogP contribution in [0.1, 0.15) is 11.3 Å². The second kappa shape index (κ2) is 4.75. The van der Waals surface area contributed by atoms with Gasteiger partial charge in [0.15, 0.2) is 0 Å². The Morgan fingerprint density at radius 1 is 1.12 bits per heavy atom. The fourth-order valence-electron chi connectivity index (χ4n) is 1.52. The minimum Gasteiger partial charge on any atom is -0.469 e. The van der Waals surface area contributed by atoms with Crippen molar-refractivity contribution < 1.29 is 13.6 Å². The molecule has 2 nitrogen and oxygen atoms in total. The molecule has 82 valence electrons. The SMILES string of the molecule is O=C(Cc1ccco1)Cc1ccccc1F. The summed E-state index contributed by atoms with van der Waals surface area (Å²) in [6, 6.07) is 9.77. The van der Waals surface area contributed by atoms with Gasteiger partial charge in [-0.1, -0.05) is 18.2 Å². The van der Waals surface area contributed by atoms with Crippen LogP contribution in [0.15, 0.2) is 47.1 Å². The van der Waals surface area contributed by atoms with Gasteiger partial charge in [-0.3, -0.25) is 4.79 Å². The molecule has 0 N–H and O–H groups in total. The van der Waals surface area contributed by atoms with Gasteiger partial charge < -0.3 is 4.42 Å². The lowest BCUT2D eigenvalue weighted by Crippen LogP contribution is -2.07. The Kier molecular flexibility index (Phi) is 3.15. The van der Waals surface area contributed by atoms with Gasteiger partial charge in [-0.15, -0.1) is 0 Å². The van der Waals surface area contributed by atoms with Crippen LogP contribution in [0, 0.1) is 5.82 Å². The summed E-state index contributed by atoms with van der Waals surface area (Å²) in [5.74, 6) is 0.219. The molecule has 0 aliphatic carbocycles. The Morgan fingerprint density at radius 2 is 1.94 bits per heavy atom. The van der Waals surface area contributed by atoms with E-state index in [9.17, 15) is 9.18 Å². The highest BCUT2D eigenvalue weighted by Crippen LogP contribution is 2.09. The van der Waals surface area contributed by atoms with Gasteiger partial charge in [-0.2, -0.15) is 0 Å². The molecule has 0 radical (unpaired) electrons. The zero-order valence-electron chi connectivity index (χ0n) is 8.65. The summed E-state index contributed by atoms with van der Waals surface area (Å²) in [4.78, 5) is 11.6. The average Bonchev–Trinajstić information content (AvgIpc) is 2.74. The van der Waals surface area contributed by atoms with E-state index in [0.29, 0.717) is 11.3 Å². The monoisotopic (exact) mass is 218 g/mol. The average molecular weight is 218 g/mol. The maximum absolute atomic E-state index is 13.3.